The van der Waals surface area contributed by atoms with Crippen LogP contribution in [-0.2, 0) is 4.79 Å². The molecular weight excluding hydrogens is 443 g/mol. The van der Waals surface area contributed by atoms with Gasteiger partial charge in [0.2, 0.25) is 0 Å². The molecule has 2 heterocycles. The van der Waals surface area contributed by atoms with Crippen LogP contribution in [0.15, 0.2) is 88.1 Å². The fourth-order valence-electron chi connectivity index (χ4n) is 3.39. The maximum Gasteiger partial charge on any atom is 0.363 e. The molecule has 1 aliphatic rings. The number of aromatic carboxylic acids is 1. The molecule has 5 rings (SSSR count). The minimum Gasteiger partial charge on any atom is -0.529 e. The van der Waals surface area contributed by atoms with E-state index < -0.39 is 23.5 Å². The van der Waals surface area contributed by atoms with Crippen LogP contribution in [0.2, 0.25) is 0 Å². The highest BCUT2D eigenvalue weighted by molar-refractivity contribution is 5.95. The van der Waals surface area contributed by atoms with Crippen molar-refractivity contribution in [1.82, 2.24) is 0 Å². The first kappa shape index (κ1) is 23.8. The van der Waals surface area contributed by atoms with Crippen molar-refractivity contribution in [2.45, 2.75) is 5.92 Å². The van der Waals surface area contributed by atoms with E-state index >= 15 is 0 Å². The summed E-state index contributed by atoms with van der Waals surface area (Å²) in [5, 5.41) is 18.6. The summed E-state index contributed by atoms with van der Waals surface area (Å²) in [6, 6.07) is 22.6. The Balaban J connectivity index is 0.000000176. The van der Waals surface area contributed by atoms with Crippen molar-refractivity contribution in [2.75, 3.05) is 0 Å². The van der Waals surface area contributed by atoms with Crippen molar-refractivity contribution < 1.29 is 33.1 Å². The van der Waals surface area contributed by atoms with E-state index in [-0.39, 0.29) is 5.56 Å². The predicted molar refractivity (Wildman–Crippen MR) is 120 cm³/mol. The van der Waals surface area contributed by atoms with E-state index in [0.29, 0.717) is 33.6 Å². The zero-order valence-corrected chi connectivity index (χ0v) is 18.2. The molecule has 4 aromatic rings. The van der Waals surface area contributed by atoms with E-state index in [1.807, 2.05) is 24.3 Å². The van der Waals surface area contributed by atoms with Gasteiger partial charge in [-0.1, -0.05) is 54.6 Å². The van der Waals surface area contributed by atoms with Gasteiger partial charge in [0.15, 0.2) is 0 Å². The molecule has 0 atom stereocenters. The number of ether oxygens (including phenoxy) is 1. The lowest BCUT2D eigenvalue weighted by Gasteiger charge is -2.25. The number of hydrogen-bond donors (Lipinski definition) is 3. The van der Waals surface area contributed by atoms with E-state index in [1.54, 1.807) is 48.5 Å². The molecule has 164 valence electrons. The van der Waals surface area contributed by atoms with Gasteiger partial charge in [-0.15, -0.1) is 0 Å². The lowest BCUT2D eigenvalue weighted by atomic mass is 9.88. The Morgan fingerprint density at radius 2 is 1.30 bits per heavy atom. The minimum absolute atomic E-state index is 0.344. The summed E-state index contributed by atoms with van der Waals surface area (Å²) < 4.78 is 17.4. The quantitative estimate of drug-likeness (QED) is 0.305. The number of para-hydroxylation sites is 3. The van der Waals surface area contributed by atoms with E-state index in [1.165, 1.54) is 22.7 Å². The molecule has 9 heteroatoms. The van der Waals surface area contributed by atoms with E-state index in [9.17, 15) is 19.5 Å². The average molecular weight is 460 g/mol. The van der Waals surface area contributed by atoms with Gasteiger partial charge in [-0.2, -0.15) is 0 Å². The first-order valence-corrected chi connectivity index (χ1v) is 10.1. The largest absolute Gasteiger partial charge is 0.529 e. The normalized spacial score (nSPS) is 11.4. The molecule has 0 amide bonds. The molecule has 1 aromatic heterocycles. The molecule has 3 N–H and O–H groups in total. The van der Waals surface area contributed by atoms with E-state index in [0.717, 1.165) is 0 Å². The zero-order chi connectivity index (χ0) is 24.0. The number of hydrogen-bond acceptors (Lipinski definition) is 6. The third kappa shape index (κ3) is 5.13. The number of fused-ring (bicyclic) bond motifs is 3. The Bertz CT molecular complexity index is 1320. The fraction of sp³-hybridized carbons (Fsp3) is 0.0417. The predicted octanol–water partition coefficient (Wildman–Crippen LogP) is 3.56. The van der Waals surface area contributed by atoms with Crippen LogP contribution in [0.3, 0.4) is 0 Å². The zero-order valence-electron chi connectivity index (χ0n) is 17.0. The van der Waals surface area contributed by atoms with Gasteiger partial charge in [0.05, 0.1) is 0 Å². The van der Waals surface area contributed by atoms with Crippen LogP contribution < -0.4 is 10.4 Å². The fourth-order valence-corrected chi connectivity index (χ4v) is 3.39. The molecule has 33 heavy (non-hydrogen) atoms. The second-order valence-electron chi connectivity index (χ2n) is 6.74. The lowest BCUT2D eigenvalue weighted by molar-refractivity contribution is -0.137. The molecule has 8 nitrogen and oxygen atoms in total. The summed E-state index contributed by atoms with van der Waals surface area (Å²) in [7, 11) is 0. The monoisotopic (exact) mass is 460 g/mol. The van der Waals surface area contributed by atoms with Crippen molar-refractivity contribution in [1.29, 1.82) is 0 Å². The highest BCUT2D eigenvalue weighted by Crippen LogP contribution is 2.43. The van der Waals surface area contributed by atoms with Crippen molar-refractivity contribution in [2.24, 2.45) is 0 Å². The number of carboxylic acid groups (broad SMARTS) is 2. The van der Waals surface area contributed by atoms with Gasteiger partial charge in [-0.05, 0) is 24.3 Å². The van der Waals surface area contributed by atoms with Crippen LogP contribution in [0.4, 0.5) is 0 Å². The third-order valence-electron chi connectivity index (χ3n) is 4.80. The number of carboxylic acids is 2. The molecule has 3 aromatic carbocycles. The van der Waals surface area contributed by atoms with Gasteiger partial charge in [-0.25, -0.2) is 9.59 Å². The molecule has 0 fully saturated rings. The van der Waals surface area contributed by atoms with Crippen molar-refractivity contribution in [3.8, 4) is 11.5 Å². The van der Waals surface area contributed by atoms with Gasteiger partial charge in [0, 0.05) is 16.5 Å². The highest BCUT2D eigenvalue weighted by atomic mass is 27.1. The van der Waals surface area contributed by atoms with Gasteiger partial charge in [-0.3, -0.25) is 4.79 Å². The summed E-state index contributed by atoms with van der Waals surface area (Å²) in [4.78, 5) is 33.2. The first-order valence-electron chi connectivity index (χ1n) is 9.56. The number of carbonyl (C=O) groups is 2. The molecule has 2 radical (unpaired) electrons. The van der Waals surface area contributed by atoms with Crippen LogP contribution in [0.5, 0.6) is 11.5 Å². The molecule has 0 saturated carbocycles. The van der Waals surface area contributed by atoms with Crippen LogP contribution in [0.25, 0.3) is 11.0 Å². The van der Waals surface area contributed by atoms with Gasteiger partial charge >= 0.3 is 34.2 Å². The van der Waals surface area contributed by atoms with E-state index in [2.05, 4.69) is 0 Å². The second kappa shape index (κ2) is 10.6. The van der Waals surface area contributed by atoms with Crippen molar-refractivity contribution >= 4 is 39.5 Å². The molecule has 0 spiro atoms. The van der Waals surface area contributed by atoms with Gasteiger partial charge in [0.1, 0.15) is 28.6 Å². The van der Waals surface area contributed by atoms with Crippen molar-refractivity contribution in [3.05, 3.63) is 106 Å². The minimum atomic E-state index is -1.27. The van der Waals surface area contributed by atoms with Crippen LogP contribution in [0, 0.1) is 0 Å². The van der Waals surface area contributed by atoms with Gasteiger partial charge in [0.25, 0.3) is 0 Å². The Labute approximate surface area is 196 Å². The molecule has 0 saturated heterocycles. The van der Waals surface area contributed by atoms with Gasteiger partial charge < -0.3 is 23.5 Å². The Morgan fingerprint density at radius 3 is 1.85 bits per heavy atom. The summed E-state index contributed by atoms with van der Waals surface area (Å²) in [5.74, 6) is -1.52. The molecule has 1 aliphatic heterocycles. The maximum absolute atomic E-state index is 11.4. The number of rotatable bonds is 2. The number of benzene rings is 3. The highest BCUT2D eigenvalue weighted by Gasteiger charge is 2.31. The smallest absolute Gasteiger partial charge is 0.363 e. The topological polar surface area (TPSA) is 134 Å². The standard InChI is InChI=1S/C14H10O3.C10H6O4.Al.H2O/c15-14(16)13-9-5-1-3-7-11(9)17-12-8-4-2-6-10(12)13;11-9(12)7-5-6-3-1-2-4-8(6)14-10(7)13;;/h1-8,13H,(H,15,16);1-5H,(H,11,12);;1H2/q;;+1;/p-1. The summed E-state index contributed by atoms with van der Waals surface area (Å²) in [6.45, 7) is 0. The van der Waals surface area contributed by atoms with Crippen LogP contribution in [0.1, 0.15) is 27.4 Å². The van der Waals surface area contributed by atoms with Crippen molar-refractivity contribution in [3.63, 3.8) is 0 Å². The second-order valence-corrected chi connectivity index (χ2v) is 6.74. The first-order chi connectivity index (χ1) is 16.0. The number of aliphatic carboxylic acids is 1. The Morgan fingerprint density at radius 1 is 0.788 bits per heavy atom. The molecule has 0 unspecified atom stereocenters. The molecular formula is C24H17AlO8. The average Bonchev–Trinajstić information content (AvgIpc) is 2.83. The SMILES string of the molecule is O=C(O)C1c2ccccc2Oc2ccccc21.O=C(O)c1cc2ccccc2oc1=O.[OH][Al]. The summed E-state index contributed by atoms with van der Waals surface area (Å²) in [6.07, 6.45) is 0. The van der Waals surface area contributed by atoms with Crippen LogP contribution >= 0.6 is 0 Å². The lowest BCUT2D eigenvalue weighted by Crippen LogP contribution is -2.18. The summed E-state index contributed by atoms with van der Waals surface area (Å²) >= 11 is 1.42. The van der Waals surface area contributed by atoms with Crippen LogP contribution in [-0.4, -0.2) is 42.9 Å². The maximum atomic E-state index is 11.4. The Hall–Kier alpha value is -3.90. The summed E-state index contributed by atoms with van der Waals surface area (Å²) in [5.41, 5.74) is 0.639. The molecule has 0 aliphatic carbocycles. The third-order valence-corrected chi connectivity index (χ3v) is 4.80. The Kier molecular flexibility index (Phi) is 7.64. The van der Waals surface area contributed by atoms with E-state index in [4.69, 9.17) is 18.4 Å². The molecule has 0 bridgehead atoms.